The fourth-order valence-electron chi connectivity index (χ4n) is 6.08. The normalized spacial score (nSPS) is 19.7. The number of benzene rings is 5. The molecule has 0 saturated heterocycles. The van der Waals surface area contributed by atoms with Gasteiger partial charge in [-0.1, -0.05) is 84.9 Å². The lowest BCUT2D eigenvalue weighted by molar-refractivity contribution is 0.0523. The first-order valence-corrected chi connectivity index (χ1v) is 12.3. The van der Waals surface area contributed by atoms with Crippen LogP contribution in [0.1, 0.15) is 30.5 Å². The van der Waals surface area contributed by atoms with Gasteiger partial charge < -0.3 is 9.64 Å². The summed E-state index contributed by atoms with van der Waals surface area (Å²) >= 11 is 0. The topological polar surface area (TPSA) is 12.5 Å². The van der Waals surface area contributed by atoms with Gasteiger partial charge in [-0.3, -0.25) is 0 Å². The number of nitrogens with zero attached hydrogens (tertiary/aromatic N) is 1. The van der Waals surface area contributed by atoms with Crippen molar-refractivity contribution < 1.29 is 4.74 Å². The summed E-state index contributed by atoms with van der Waals surface area (Å²) in [5, 5.41) is 4.99. The Bertz CT molecular complexity index is 1650. The van der Waals surface area contributed by atoms with E-state index in [1.165, 1.54) is 38.4 Å². The Hall–Kier alpha value is -4.04. The molecule has 1 unspecified atom stereocenters. The Morgan fingerprint density at radius 2 is 1.43 bits per heavy atom. The molecule has 2 heterocycles. The minimum Gasteiger partial charge on any atom is -0.463 e. The van der Waals surface area contributed by atoms with Crippen molar-refractivity contribution in [3.05, 3.63) is 126 Å². The number of hydrogen-bond donors (Lipinski definition) is 0. The lowest BCUT2D eigenvalue weighted by Crippen LogP contribution is -2.59. The quantitative estimate of drug-likeness (QED) is 0.268. The Morgan fingerprint density at radius 3 is 2.31 bits per heavy atom. The molecule has 170 valence electrons. The highest BCUT2D eigenvalue weighted by molar-refractivity contribution is 5.94. The van der Waals surface area contributed by atoms with E-state index in [1.54, 1.807) is 0 Å². The van der Waals surface area contributed by atoms with Crippen LogP contribution in [-0.4, -0.2) is 5.72 Å². The van der Waals surface area contributed by atoms with E-state index in [2.05, 4.69) is 134 Å². The van der Waals surface area contributed by atoms with Gasteiger partial charge in [-0.15, -0.1) is 0 Å². The second kappa shape index (κ2) is 7.23. The molecule has 0 fully saturated rings. The molecular weight excluding hydrogens is 426 g/mol. The minimum absolute atomic E-state index is 0.250. The first-order chi connectivity index (χ1) is 17.1. The molecule has 7 rings (SSSR count). The molecule has 0 radical (unpaired) electrons. The second-order valence-electron chi connectivity index (χ2n) is 10.2. The third-order valence-electron chi connectivity index (χ3n) is 7.99. The summed E-state index contributed by atoms with van der Waals surface area (Å²) in [6.45, 7) is 5.38. The molecule has 35 heavy (non-hydrogen) atoms. The number of rotatable bonds is 2. The highest BCUT2D eigenvalue weighted by Gasteiger charge is 2.58. The molecule has 1 spiro atoms. The molecule has 5 aromatic rings. The van der Waals surface area contributed by atoms with E-state index in [-0.39, 0.29) is 5.41 Å². The van der Waals surface area contributed by atoms with E-state index < -0.39 is 5.72 Å². The third kappa shape index (κ3) is 2.83. The zero-order chi connectivity index (χ0) is 23.6. The Labute approximate surface area is 206 Å². The monoisotopic (exact) mass is 453 g/mol. The maximum atomic E-state index is 7.10. The highest BCUT2D eigenvalue weighted by atomic mass is 16.5. The first-order valence-electron chi connectivity index (χ1n) is 12.3. The Morgan fingerprint density at radius 1 is 0.714 bits per heavy atom. The molecule has 0 aliphatic carbocycles. The predicted molar refractivity (Wildman–Crippen MR) is 146 cm³/mol. The highest BCUT2D eigenvalue weighted by Crippen LogP contribution is 2.55. The predicted octanol–water partition coefficient (Wildman–Crippen LogP) is 8.09. The van der Waals surface area contributed by atoms with E-state index >= 15 is 0 Å². The van der Waals surface area contributed by atoms with E-state index in [0.29, 0.717) is 0 Å². The largest absolute Gasteiger partial charge is 0.463 e. The van der Waals surface area contributed by atoms with Gasteiger partial charge in [0.25, 0.3) is 0 Å². The SMILES string of the molecule is CC1(C)c2ccccc2N(Cc2ccc3ccccc3c2)C12C=Cc1c(ccc3ccccc13)O2. The van der Waals surface area contributed by atoms with E-state index in [9.17, 15) is 0 Å². The van der Waals surface area contributed by atoms with Crippen LogP contribution in [-0.2, 0) is 12.0 Å². The van der Waals surface area contributed by atoms with Crippen LogP contribution in [0.4, 0.5) is 5.69 Å². The van der Waals surface area contributed by atoms with E-state index in [1.807, 2.05) is 0 Å². The van der Waals surface area contributed by atoms with Gasteiger partial charge in [0.2, 0.25) is 5.72 Å². The number of hydrogen-bond acceptors (Lipinski definition) is 2. The summed E-state index contributed by atoms with van der Waals surface area (Å²) in [7, 11) is 0. The molecule has 0 amide bonds. The third-order valence-corrected chi connectivity index (χ3v) is 7.99. The number of para-hydroxylation sites is 1. The van der Waals surface area contributed by atoms with Crippen LogP contribution in [0.3, 0.4) is 0 Å². The first kappa shape index (κ1) is 20.3. The van der Waals surface area contributed by atoms with Gasteiger partial charge in [-0.2, -0.15) is 0 Å². The fraction of sp³-hybridized carbons (Fsp3) is 0.152. The zero-order valence-corrected chi connectivity index (χ0v) is 20.0. The number of anilines is 1. The Balaban J connectivity index is 1.39. The summed E-state index contributed by atoms with van der Waals surface area (Å²) in [5.74, 6) is 0.940. The van der Waals surface area contributed by atoms with Crippen molar-refractivity contribution in [2.45, 2.75) is 31.5 Å². The van der Waals surface area contributed by atoms with Gasteiger partial charge in [0, 0.05) is 17.8 Å². The average molecular weight is 454 g/mol. The summed E-state index contributed by atoms with van der Waals surface area (Å²) in [6, 6.07) is 36.9. The van der Waals surface area contributed by atoms with Crippen LogP contribution >= 0.6 is 0 Å². The van der Waals surface area contributed by atoms with Gasteiger partial charge in [0.1, 0.15) is 5.75 Å². The van der Waals surface area contributed by atoms with Crippen LogP contribution in [0.5, 0.6) is 5.75 Å². The van der Waals surface area contributed by atoms with Gasteiger partial charge in [-0.25, -0.2) is 0 Å². The van der Waals surface area contributed by atoms with Crippen LogP contribution in [0, 0.1) is 0 Å². The molecule has 2 aliphatic rings. The summed E-state index contributed by atoms with van der Waals surface area (Å²) in [5.41, 5.74) is 4.11. The average Bonchev–Trinajstić information content (AvgIpc) is 3.07. The summed E-state index contributed by atoms with van der Waals surface area (Å²) in [4.78, 5) is 2.46. The van der Waals surface area contributed by atoms with Crippen molar-refractivity contribution in [2.75, 3.05) is 4.90 Å². The maximum absolute atomic E-state index is 7.10. The molecule has 0 N–H and O–H groups in total. The van der Waals surface area contributed by atoms with E-state index in [0.717, 1.165) is 17.9 Å². The van der Waals surface area contributed by atoms with Crippen LogP contribution < -0.4 is 9.64 Å². The van der Waals surface area contributed by atoms with Crippen LogP contribution in [0.15, 0.2) is 109 Å². The lowest BCUT2D eigenvalue weighted by atomic mass is 9.76. The van der Waals surface area contributed by atoms with Crippen LogP contribution in [0.2, 0.25) is 0 Å². The molecular formula is C33H27NO. The molecule has 0 aromatic heterocycles. The molecule has 2 heteroatoms. The van der Waals surface area contributed by atoms with Gasteiger partial charge >= 0.3 is 0 Å². The van der Waals surface area contributed by atoms with Crippen molar-refractivity contribution >= 4 is 33.3 Å². The molecule has 0 bridgehead atoms. The van der Waals surface area contributed by atoms with Crippen molar-refractivity contribution in [3.63, 3.8) is 0 Å². The minimum atomic E-state index is -0.627. The van der Waals surface area contributed by atoms with E-state index in [4.69, 9.17) is 4.74 Å². The molecule has 1 atom stereocenters. The molecule has 2 nitrogen and oxygen atoms in total. The van der Waals surface area contributed by atoms with Crippen molar-refractivity contribution in [2.24, 2.45) is 0 Å². The summed E-state index contributed by atoms with van der Waals surface area (Å²) in [6.07, 6.45) is 4.57. The lowest BCUT2D eigenvalue weighted by Gasteiger charge is -2.47. The molecule has 5 aromatic carbocycles. The van der Waals surface area contributed by atoms with Gasteiger partial charge in [0.05, 0.1) is 5.41 Å². The Kier molecular flexibility index (Phi) is 4.20. The second-order valence-corrected chi connectivity index (χ2v) is 10.2. The van der Waals surface area contributed by atoms with Gasteiger partial charge in [0.15, 0.2) is 0 Å². The van der Waals surface area contributed by atoms with Crippen molar-refractivity contribution in [1.82, 2.24) is 0 Å². The number of ether oxygens (including phenoxy) is 1. The fourth-order valence-corrected chi connectivity index (χ4v) is 6.08. The van der Waals surface area contributed by atoms with Crippen molar-refractivity contribution in [1.29, 1.82) is 0 Å². The smallest absolute Gasteiger partial charge is 0.212 e. The van der Waals surface area contributed by atoms with Gasteiger partial charge in [-0.05, 0) is 76.9 Å². The summed E-state index contributed by atoms with van der Waals surface area (Å²) < 4.78 is 7.10. The maximum Gasteiger partial charge on any atom is 0.212 e. The molecule has 2 aliphatic heterocycles. The van der Waals surface area contributed by atoms with Crippen molar-refractivity contribution in [3.8, 4) is 5.75 Å². The van der Waals surface area contributed by atoms with Crippen LogP contribution in [0.25, 0.3) is 27.6 Å². The zero-order valence-electron chi connectivity index (χ0n) is 20.0. The standard InChI is InChI=1S/C33H27NO/c1-32(2)29-13-7-8-14-30(29)34(22-23-15-16-24-9-3-4-11-26(24)21-23)33(32)20-19-28-27-12-6-5-10-25(27)17-18-31(28)35-33/h3-21H,22H2,1-2H3. The molecule has 0 saturated carbocycles. The number of fused-ring (bicyclic) bond motifs is 5.